The predicted molar refractivity (Wildman–Crippen MR) is 107 cm³/mol. The number of carbonyl (C=O) groups is 2. The van der Waals surface area contributed by atoms with E-state index in [1.54, 1.807) is 24.3 Å². The fourth-order valence-electron chi connectivity index (χ4n) is 3.04. The number of anilines is 2. The SMILES string of the molecule is C[C@H]1C[C@@H](C(=O)Nc2ccc(C(=O)Nc3ccccc3)cc2)CCN1.Cl. The first-order valence-electron chi connectivity index (χ1n) is 8.62. The van der Waals surface area contributed by atoms with Gasteiger partial charge in [-0.2, -0.15) is 0 Å². The van der Waals surface area contributed by atoms with Crippen LogP contribution in [0.2, 0.25) is 0 Å². The Hall–Kier alpha value is -2.37. The molecular formula is C20H24ClN3O2. The molecule has 2 atom stereocenters. The van der Waals surface area contributed by atoms with Gasteiger partial charge < -0.3 is 16.0 Å². The Labute approximate surface area is 160 Å². The predicted octanol–water partition coefficient (Wildman–Crippen LogP) is 3.69. The lowest BCUT2D eigenvalue weighted by molar-refractivity contribution is -0.120. The van der Waals surface area contributed by atoms with Crippen molar-refractivity contribution in [3.8, 4) is 0 Å². The molecule has 5 nitrogen and oxygen atoms in total. The van der Waals surface area contributed by atoms with Gasteiger partial charge in [-0.3, -0.25) is 9.59 Å². The third kappa shape index (κ3) is 5.31. The summed E-state index contributed by atoms with van der Waals surface area (Å²) in [5, 5.41) is 9.14. The van der Waals surface area contributed by atoms with Crippen LogP contribution in [0.3, 0.4) is 0 Å². The van der Waals surface area contributed by atoms with E-state index in [0.29, 0.717) is 17.3 Å². The van der Waals surface area contributed by atoms with E-state index >= 15 is 0 Å². The molecule has 0 spiro atoms. The molecule has 6 heteroatoms. The van der Waals surface area contributed by atoms with Crippen LogP contribution < -0.4 is 16.0 Å². The van der Waals surface area contributed by atoms with Crippen LogP contribution in [0.15, 0.2) is 54.6 Å². The summed E-state index contributed by atoms with van der Waals surface area (Å²) in [5.74, 6) is -0.0802. The van der Waals surface area contributed by atoms with E-state index in [2.05, 4.69) is 22.9 Å². The highest BCUT2D eigenvalue weighted by Crippen LogP contribution is 2.19. The minimum Gasteiger partial charge on any atom is -0.326 e. The van der Waals surface area contributed by atoms with Crippen LogP contribution in [-0.4, -0.2) is 24.4 Å². The number of rotatable bonds is 4. The summed E-state index contributed by atoms with van der Waals surface area (Å²) < 4.78 is 0. The minimum atomic E-state index is -0.170. The van der Waals surface area contributed by atoms with Crippen LogP contribution in [0.1, 0.15) is 30.1 Å². The molecule has 1 aliphatic rings. The highest BCUT2D eigenvalue weighted by Gasteiger charge is 2.24. The quantitative estimate of drug-likeness (QED) is 0.765. The van der Waals surface area contributed by atoms with Crippen molar-refractivity contribution in [2.75, 3.05) is 17.2 Å². The zero-order valence-electron chi connectivity index (χ0n) is 14.7. The molecule has 0 aliphatic carbocycles. The van der Waals surface area contributed by atoms with Crippen LogP contribution in [0.4, 0.5) is 11.4 Å². The average Bonchev–Trinajstić information content (AvgIpc) is 2.63. The normalized spacial score (nSPS) is 19.1. The van der Waals surface area contributed by atoms with Crippen LogP contribution >= 0.6 is 12.4 Å². The number of carbonyl (C=O) groups excluding carboxylic acids is 2. The van der Waals surface area contributed by atoms with Crippen molar-refractivity contribution in [1.82, 2.24) is 5.32 Å². The van der Waals surface area contributed by atoms with Crippen molar-refractivity contribution in [3.05, 3.63) is 60.2 Å². The van der Waals surface area contributed by atoms with Crippen molar-refractivity contribution in [2.45, 2.75) is 25.8 Å². The number of hydrogen-bond acceptors (Lipinski definition) is 3. The zero-order valence-corrected chi connectivity index (χ0v) is 15.5. The average molecular weight is 374 g/mol. The van der Waals surface area contributed by atoms with Crippen molar-refractivity contribution in [1.29, 1.82) is 0 Å². The molecule has 1 fully saturated rings. The van der Waals surface area contributed by atoms with Gasteiger partial charge in [-0.1, -0.05) is 18.2 Å². The summed E-state index contributed by atoms with van der Waals surface area (Å²) in [7, 11) is 0. The number of amides is 2. The fraction of sp³-hybridized carbons (Fsp3) is 0.300. The maximum Gasteiger partial charge on any atom is 0.255 e. The lowest BCUT2D eigenvalue weighted by atomic mass is 9.92. The number of halogens is 1. The van der Waals surface area contributed by atoms with Crippen LogP contribution in [0, 0.1) is 5.92 Å². The molecular weight excluding hydrogens is 350 g/mol. The molecule has 1 aliphatic heterocycles. The highest BCUT2D eigenvalue weighted by atomic mass is 35.5. The summed E-state index contributed by atoms with van der Waals surface area (Å²) in [6, 6.07) is 16.7. The summed E-state index contributed by atoms with van der Waals surface area (Å²) in [6.07, 6.45) is 1.71. The highest BCUT2D eigenvalue weighted by molar-refractivity contribution is 6.04. The molecule has 3 N–H and O–H groups in total. The third-order valence-electron chi connectivity index (χ3n) is 4.44. The number of benzene rings is 2. The molecule has 2 amide bonds. The minimum absolute atomic E-state index is 0. The van der Waals surface area contributed by atoms with Gasteiger partial charge in [0.1, 0.15) is 0 Å². The number of nitrogens with one attached hydrogen (secondary N) is 3. The summed E-state index contributed by atoms with van der Waals surface area (Å²) in [4.78, 5) is 24.6. The molecule has 0 bridgehead atoms. The van der Waals surface area contributed by atoms with E-state index in [-0.39, 0.29) is 30.1 Å². The molecule has 1 saturated heterocycles. The Morgan fingerprint density at radius 1 is 0.962 bits per heavy atom. The number of piperidine rings is 1. The van der Waals surface area contributed by atoms with Gasteiger partial charge in [-0.15, -0.1) is 12.4 Å². The second-order valence-corrected chi connectivity index (χ2v) is 6.46. The summed E-state index contributed by atoms with van der Waals surface area (Å²) in [6.45, 7) is 2.97. The second kappa shape index (κ2) is 9.36. The van der Waals surface area contributed by atoms with Gasteiger partial charge in [0.2, 0.25) is 5.91 Å². The van der Waals surface area contributed by atoms with Gasteiger partial charge >= 0.3 is 0 Å². The van der Waals surface area contributed by atoms with Crippen molar-refractivity contribution >= 4 is 35.6 Å². The fourth-order valence-corrected chi connectivity index (χ4v) is 3.04. The maximum atomic E-state index is 12.4. The van der Waals surface area contributed by atoms with Crippen LogP contribution in [0.25, 0.3) is 0 Å². The van der Waals surface area contributed by atoms with Gasteiger partial charge in [0.25, 0.3) is 5.91 Å². The van der Waals surface area contributed by atoms with E-state index in [1.165, 1.54) is 0 Å². The van der Waals surface area contributed by atoms with Gasteiger partial charge in [0.15, 0.2) is 0 Å². The largest absolute Gasteiger partial charge is 0.326 e. The van der Waals surface area contributed by atoms with Gasteiger partial charge in [0, 0.05) is 28.9 Å². The zero-order chi connectivity index (χ0) is 17.6. The summed E-state index contributed by atoms with van der Waals surface area (Å²) >= 11 is 0. The topological polar surface area (TPSA) is 70.2 Å². The first kappa shape index (κ1) is 19.9. The first-order valence-corrected chi connectivity index (χ1v) is 8.62. The Kier molecular flexibility index (Phi) is 7.18. The third-order valence-corrected chi connectivity index (χ3v) is 4.44. The Bertz CT molecular complexity index is 734. The van der Waals surface area contributed by atoms with Gasteiger partial charge in [0.05, 0.1) is 0 Å². The summed E-state index contributed by atoms with van der Waals surface area (Å²) in [5.41, 5.74) is 2.02. The van der Waals surface area contributed by atoms with Gasteiger partial charge in [-0.05, 0) is 62.7 Å². The lowest BCUT2D eigenvalue weighted by Gasteiger charge is -2.27. The van der Waals surface area contributed by atoms with Crippen molar-refractivity contribution in [3.63, 3.8) is 0 Å². The number of hydrogen-bond donors (Lipinski definition) is 3. The van der Waals surface area contributed by atoms with E-state index in [4.69, 9.17) is 0 Å². The molecule has 0 radical (unpaired) electrons. The van der Waals surface area contributed by atoms with E-state index in [9.17, 15) is 9.59 Å². The Morgan fingerprint density at radius 2 is 1.62 bits per heavy atom. The second-order valence-electron chi connectivity index (χ2n) is 6.46. The maximum absolute atomic E-state index is 12.4. The lowest BCUT2D eigenvalue weighted by Crippen LogP contribution is -2.40. The molecule has 138 valence electrons. The molecule has 2 aromatic rings. The molecule has 2 aromatic carbocycles. The molecule has 0 aromatic heterocycles. The molecule has 3 rings (SSSR count). The van der Waals surface area contributed by atoms with E-state index < -0.39 is 0 Å². The van der Waals surface area contributed by atoms with E-state index in [0.717, 1.165) is 25.1 Å². The van der Waals surface area contributed by atoms with Gasteiger partial charge in [-0.25, -0.2) is 0 Å². The number of para-hydroxylation sites is 1. The first-order chi connectivity index (χ1) is 12.1. The standard InChI is InChI=1S/C20H23N3O2.ClH/c1-14-13-16(11-12-21-14)20(25)23-18-9-7-15(8-10-18)19(24)22-17-5-3-2-4-6-17;/h2-10,14,16,21H,11-13H2,1H3,(H,22,24)(H,23,25);1H/t14-,16-;/m0./s1. The molecule has 0 saturated carbocycles. The van der Waals surface area contributed by atoms with Crippen molar-refractivity contribution < 1.29 is 9.59 Å². The van der Waals surface area contributed by atoms with Crippen molar-refractivity contribution in [2.24, 2.45) is 5.92 Å². The molecule has 26 heavy (non-hydrogen) atoms. The van der Waals surface area contributed by atoms with Crippen LogP contribution in [0.5, 0.6) is 0 Å². The Morgan fingerprint density at radius 3 is 2.27 bits per heavy atom. The Balaban J connectivity index is 0.00000243. The molecule has 0 unspecified atom stereocenters. The molecule has 1 heterocycles. The monoisotopic (exact) mass is 373 g/mol. The smallest absolute Gasteiger partial charge is 0.255 e. The van der Waals surface area contributed by atoms with Crippen LogP contribution in [-0.2, 0) is 4.79 Å². The van der Waals surface area contributed by atoms with E-state index in [1.807, 2.05) is 30.3 Å².